The van der Waals surface area contributed by atoms with Gasteiger partial charge < -0.3 is 28.6 Å². The molecule has 0 N–H and O–H groups in total. The molecule has 132 valence electrons. The maximum Gasteiger partial charge on any atom is 0.281 e. The zero-order chi connectivity index (χ0) is 18.7. The van der Waals surface area contributed by atoms with Crippen LogP contribution in [0.15, 0.2) is 55.4 Å². The summed E-state index contributed by atoms with van der Waals surface area (Å²) in [7, 11) is 0. The first-order valence-electron chi connectivity index (χ1n) is 7.25. The van der Waals surface area contributed by atoms with Gasteiger partial charge in [-0.3, -0.25) is 0 Å². The number of benzene rings is 1. The summed E-state index contributed by atoms with van der Waals surface area (Å²) in [5.74, 6) is -1.66. The first kappa shape index (κ1) is 17.5. The zero-order valence-electron chi connectivity index (χ0n) is 13.3. The third kappa shape index (κ3) is 4.01. The van der Waals surface area contributed by atoms with E-state index in [2.05, 4.69) is 10.2 Å². The molecule has 0 fully saturated rings. The van der Waals surface area contributed by atoms with Crippen LogP contribution >= 0.6 is 11.8 Å². The molecule has 0 aliphatic carbocycles. The molecule has 0 atom stereocenters. The number of hydrogen-bond donors (Lipinski definition) is 0. The Morgan fingerprint density at radius 1 is 1.04 bits per heavy atom. The van der Waals surface area contributed by atoms with Gasteiger partial charge in [0.2, 0.25) is 5.89 Å². The number of thioether (sulfide) groups is 1. The number of rotatable bonds is 6. The number of nitrogens with zero attached hydrogens (tertiary/aromatic N) is 2. The van der Waals surface area contributed by atoms with Crippen molar-refractivity contribution in [1.82, 2.24) is 10.2 Å². The fraction of sp³-hybridized carbons (Fsp3) is 0.0588. The van der Waals surface area contributed by atoms with Crippen LogP contribution in [-0.2, 0) is 4.79 Å². The van der Waals surface area contributed by atoms with Crippen molar-refractivity contribution in [1.29, 1.82) is 0 Å². The van der Waals surface area contributed by atoms with Crippen molar-refractivity contribution in [2.45, 2.75) is 12.1 Å². The third-order valence-electron chi connectivity index (χ3n) is 3.21. The van der Waals surface area contributed by atoms with Gasteiger partial charge in [0, 0.05) is 17.4 Å². The fourth-order valence-electron chi connectivity index (χ4n) is 2.03. The minimum atomic E-state index is -1.41. The quantitative estimate of drug-likeness (QED) is 0.458. The summed E-state index contributed by atoms with van der Waals surface area (Å²) in [6.07, 6.45) is 1.28. The summed E-state index contributed by atoms with van der Waals surface area (Å²) in [6.45, 7) is 1.59. The van der Waals surface area contributed by atoms with Crippen LogP contribution in [0.25, 0.3) is 17.4 Å². The Morgan fingerprint density at radius 3 is 2.35 bits per heavy atom. The maximum absolute atomic E-state index is 11.3. The van der Waals surface area contributed by atoms with Crippen LogP contribution in [-0.4, -0.2) is 22.1 Å². The van der Waals surface area contributed by atoms with Gasteiger partial charge in [0.15, 0.2) is 0 Å². The summed E-state index contributed by atoms with van der Waals surface area (Å²) < 4.78 is 10.7. The Kier molecular flexibility index (Phi) is 4.90. The van der Waals surface area contributed by atoms with Gasteiger partial charge in [-0.15, -0.1) is 10.2 Å². The molecule has 0 aliphatic heterocycles. The lowest BCUT2D eigenvalue weighted by molar-refractivity contribution is -0.298. The first-order valence-corrected chi connectivity index (χ1v) is 8.06. The largest absolute Gasteiger partial charge is 0.545 e. The molecule has 0 saturated carbocycles. The number of carbonyl (C=O) groups is 2. The van der Waals surface area contributed by atoms with E-state index in [4.69, 9.17) is 8.83 Å². The maximum atomic E-state index is 11.3. The van der Waals surface area contributed by atoms with Crippen molar-refractivity contribution in [2.75, 3.05) is 0 Å². The Balaban J connectivity index is 1.83. The zero-order valence-corrected chi connectivity index (χ0v) is 14.1. The Morgan fingerprint density at radius 2 is 1.77 bits per heavy atom. The lowest BCUT2D eigenvalue weighted by Gasteiger charge is -2.04. The van der Waals surface area contributed by atoms with E-state index < -0.39 is 11.9 Å². The lowest BCUT2D eigenvalue weighted by Crippen LogP contribution is -2.22. The van der Waals surface area contributed by atoms with E-state index >= 15 is 0 Å². The van der Waals surface area contributed by atoms with Gasteiger partial charge in [0.25, 0.3) is 5.22 Å². The van der Waals surface area contributed by atoms with Crippen LogP contribution in [0.3, 0.4) is 0 Å². The van der Waals surface area contributed by atoms with Crippen molar-refractivity contribution >= 4 is 29.8 Å². The number of aliphatic carboxylic acids is 1. The fourth-order valence-corrected chi connectivity index (χ4v) is 2.72. The Hall–Kier alpha value is -3.33. The number of hydrogen-bond acceptors (Lipinski definition) is 9. The summed E-state index contributed by atoms with van der Waals surface area (Å²) >= 11 is 0.749. The molecule has 9 heteroatoms. The van der Waals surface area contributed by atoms with E-state index in [1.165, 1.54) is 18.2 Å². The van der Waals surface area contributed by atoms with Gasteiger partial charge in [0.1, 0.15) is 11.5 Å². The topological polar surface area (TPSA) is 132 Å². The molecule has 0 saturated heterocycles. The van der Waals surface area contributed by atoms with E-state index in [-0.39, 0.29) is 21.5 Å². The monoisotopic (exact) mass is 370 g/mol. The molecule has 8 nitrogen and oxygen atoms in total. The smallest absolute Gasteiger partial charge is 0.281 e. The van der Waals surface area contributed by atoms with Crippen molar-refractivity contribution in [2.24, 2.45) is 0 Å². The number of carboxylic acid groups (broad SMARTS) is 2. The molecule has 2 aromatic heterocycles. The highest BCUT2D eigenvalue weighted by atomic mass is 32.2. The molecule has 3 rings (SSSR count). The molecule has 2 heterocycles. The third-order valence-corrected chi connectivity index (χ3v) is 4.06. The van der Waals surface area contributed by atoms with Gasteiger partial charge in [-0.1, -0.05) is 24.3 Å². The number of carbonyl (C=O) groups excluding carboxylic acids is 2. The summed E-state index contributed by atoms with van der Waals surface area (Å²) in [5, 5.41) is 29.5. The van der Waals surface area contributed by atoms with Gasteiger partial charge in [-0.05, 0) is 35.5 Å². The highest BCUT2D eigenvalue weighted by molar-refractivity contribution is 8.03. The minimum absolute atomic E-state index is 0.0471. The summed E-state index contributed by atoms with van der Waals surface area (Å²) in [5.41, 5.74) is 0.677. The second kappa shape index (κ2) is 7.28. The molecule has 0 bridgehead atoms. The number of furan rings is 1. The van der Waals surface area contributed by atoms with Crippen LogP contribution in [0, 0.1) is 6.92 Å². The highest BCUT2D eigenvalue weighted by Crippen LogP contribution is 2.29. The molecule has 0 spiro atoms. The predicted molar refractivity (Wildman–Crippen MR) is 86.4 cm³/mol. The lowest BCUT2D eigenvalue weighted by atomic mass is 10.1. The molecule has 1 aromatic carbocycles. The Labute approximate surface area is 151 Å². The normalized spacial score (nSPS) is 11.5. The van der Waals surface area contributed by atoms with Crippen molar-refractivity contribution in [3.63, 3.8) is 0 Å². The van der Waals surface area contributed by atoms with Crippen LogP contribution in [0.1, 0.15) is 22.0 Å². The average Bonchev–Trinajstić information content (AvgIpc) is 3.23. The standard InChI is InChI=1S/C17H12N2O6S/c1-9-18-19-17(24-9)26-14(16(22)23)8-12-6-7-13(25-12)10-2-4-11(5-3-10)15(20)21/h2-8H,1H3,(H,20,21)(H,22,23)/p-2/b14-8+. The SMILES string of the molecule is Cc1nnc(S/C(=C/c2ccc(-c3ccc(C(=O)[O-])cc3)o2)C(=O)[O-])o1. The molecule has 3 aromatic rings. The number of aromatic nitrogens is 2. The van der Waals surface area contributed by atoms with Crippen molar-refractivity contribution < 1.29 is 28.6 Å². The summed E-state index contributed by atoms with van der Waals surface area (Å²) in [4.78, 5) is 21.9. The number of carboxylic acids is 2. The van der Waals surface area contributed by atoms with Crippen molar-refractivity contribution in [3.05, 3.63) is 58.5 Å². The molecule has 26 heavy (non-hydrogen) atoms. The number of aromatic carboxylic acids is 1. The second-order valence-corrected chi connectivity index (χ2v) is 6.05. The van der Waals surface area contributed by atoms with Gasteiger partial charge in [-0.25, -0.2) is 0 Å². The molecule has 0 amide bonds. The van der Waals surface area contributed by atoms with Crippen LogP contribution in [0.4, 0.5) is 0 Å². The van der Waals surface area contributed by atoms with Crippen LogP contribution in [0.2, 0.25) is 0 Å². The van der Waals surface area contributed by atoms with E-state index in [1.807, 2.05) is 0 Å². The average molecular weight is 370 g/mol. The van der Waals surface area contributed by atoms with Gasteiger partial charge in [-0.2, -0.15) is 0 Å². The van der Waals surface area contributed by atoms with Gasteiger partial charge >= 0.3 is 0 Å². The molecule has 0 radical (unpaired) electrons. The van der Waals surface area contributed by atoms with Crippen LogP contribution in [0.5, 0.6) is 0 Å². The van der Waals surface area contributed by atoms with Crippen molar-refractivity contribution in [3.8, 4) is 11.3 Å². The van der Waals surface area contributed by atoms with E-state index in [0.29, 0.717) is 17.2 Å². The Bertz CT molecular complexity index is 987. The predicted octanol–water partition coefficient (Wildman–Crippen LogP) is 0.885. The minimum Gasteiger partial charge on any atom is -0.545 e. The highest BCUT2D eigenvalue weighted by Gasteiger charge is 2.11. The van der Waals surface area contributed by atoms with Gasteiger partial charge in [0.05, 0.1) is 11.9 Å². The van der Waals surface area contributed by atoms with E-state index in [9.17, 15) is 19.8 Å². The summed E-state index contributed by atoms with van der Waals surface area (Å²) in [6, 6.07) is 9.12. The molecule has 0 aliphatic rings. The van der Waals surface area contributed by atoms with E-state index in [0.717, 1.165) is 11.8 Å². The number of aryl methyl sites for hydroxylation is 1. The van der Waals surface area contributed by atoms with E-state index in [1.54, 1.807) is 31.2 Å². The molecular weight excluding hydrogens is 360 g/mol. The second-order valence-electron chi connectivity index (χ2n) is 5.05. The van der Waals surface area contributed by atoms with Crippen LogP contribution < -0.4 is 10.2 Å². The first-order chi connectivity index (χ1) is 12.4. The molecular formula is C17H10N2O6S-2. The molecule has 0 unspecified atom stereocenters.